The topological polar surface area (TPSA) is 47.6 Å². The van der Waals surface area contributed by atoms with Crippen LogP contribution in [0.2, 0.25) is 10.0 Å². The lowest BCUT2D eigenvalue weighted by Crippen LogP contribution is -2.41. The van der Waals surface area contributed by atoms with E-state index < -0.39 is 0 Å². The smallest absolute Gasteiger partial charge is 0.223 e. The molecule has 4 rings (SSSR count). The Hall–Kier alpha value is -1.91. The summed E-state index contributed by atoms with van der Waals surface area (Å²) in [7, 11) is 1.67. The molecule has 1 saturated carbocycles. The molecule has 30 heavy (non-hydrogen) atoms. The Morgan fingerprint density at radius 2 is 1.77 bits per heavy atom. The Balaban J connectivity index is 1.51. The normalized spacial score (nSPS) is 22.0. The van der Waals surface area contributed by atoms with Gasteiger partial charge in [-0.2, -0.15) is 0 Å². The van der Waals surface area contributed by atoms with Gasteiger partial charge in [-0.3, -0.25) is 4.79 Å². The van der Waals surface area contributed by atoms with Crippen molar-refractivity contribution in [3.05, 3.63) is 57.6 Å². The number of nitrogens with one attached hydrogen (secondary N) is 1. The fourth-order valence-electron chi connectivity index (χ4n) is 4.57. The Labute approximate surface area is 187 Å². The lowest BCUT2D eigenvalue weighted by atomic mass is 9.82. The van der Waals surface area contributed by atoms with Crippen molar-refractivity contribution in [2.75, 3.05) is 13.7 Å². The zero-order valence-electron chi connectivity index (χ0n) is 17.1. The summed E-state index contributed by atoms with van der Waals surface area (Å²) in [6.45, 7) is 0.626. The third kappa shape index (κ3) is 5.04. The first-order valence-electron chi connectivity index (χ1n) is 10.6. The van der Waals surface area contributed by atoms with Gasteiger partial charge in [0.25, 0.3) is 0 Å². The molecule has 2 aromatic rings. The van der Waals surface area contributed by atoms with Crippen LogP contribution in [0.5, 0.6) is 11.5 Å². The van der Waals surface area contributed by atoms with E-state index in [1.165, 1.54) is 12.8 Å². The molecular formula is C24H27Cl2NO3. The average molecular weight is 448 g/mol. The molecule has 2 fully saturated rings. The second-order valence-corrected chi connectivity index (χ2v) is 9.16. The molecule has 2 unspecified atom stereocenters. The van der Waals surface area contributed by atoms with E-state index in [1.807, 2.05) is 18.2 Å². The highest BCUT2D eigenvalue weighted by Crippen LogP contribution is 2.37. The number of halogens is 2. The van der Waals surface area contributed by atoms with Gasteiger partial charge in [-0.05, 0) is 80.0 Å². The molecule has 2 aromatic carbocycles. The van der Waals surface area contributed by atoms with Crippen LogP contribution in [-0.4, -0.2) is 25.7 Å². The van der Waals surface area contributed by atoms with E-state index in [-0.39, 0.29) is 23.8 Å². The van der Waals surface area contributed by atoms with E-state index in [9.17, 15) is 4.79 Å². The second-order valence-electron chi connectivity index (χ2n) is 8.29. The molecule has 1 amide bonds. The summed E-state index contributed by atoms with van der Waals surface area (Å²) >= 11 is 12.3. The molecule has 2 atom stereocenters. The molecule has 1 aliphatic heterocycles. The van der Waals surface area contributed by atoms with Crippen LogP contribution in [0.4, 0.5) is 0 Å². The molecule has 1 aliphatic carbocycles. The van der Waals surface area contributed by atoms with Crippen molar-refractivity contribution in [3.8, 4) is 11.5 Å². The number of rotatable bonds is 6. The van der Waals surface area contributed by atoms with Crippen LogP contribution >= 0.6 is 23.2 Å². The maximum Gasteiger partial charge on any atom is 0.223 e. The second kappa shape index (κ2) is 9.49. The van der Waals surface area contributed by atoms with Gasteiger partial charge in [-0.1, -0.05) is 29.3 Å². The highest BCUT2D eigenvalue weighted by atomic mass is 35.5. The van der Waals surface area contributed by atoms with Gasteiger partial charge in [-0.25, -0.2) is 0 Å². The minimum Gasteiger partial charge on any atom is -0.493 e. The van der Waals surface area contributed by atoms with Gasteiger partial charge in [0, 0.05) is 28.4 Å². The SMILES string of the molecule is COc1ccc(C2CNC(=O)C(Cc3cc(Cl)cc(Cl)c3)C2)cc1OC1CCCC1. The van der Waals surface area contributed by atoms with Crippen molar-refractivity contribution in [2.24, 2.45) is 5.92 Å². The monoisotopic (exact) mass is 447 g/mol. The number of amides is 1. The summed E-state index contributed by atoms with van der Waals surface area (Å²) in [6.07, 6.45) is 6.27. The number of carbonyl (C=O) groups is 1. The standard InChI is InChI=1S/C24H27Cl2NO3/c1-29-22-7-6-16(12-23(22)30-21-4-2-3-5-21)18-11-17(24(28)27-14-18)8-15-9-19(25)13-20(26)10-15/h6-7,9-10,12-13,17-18,21H,2-5,8,11,14H2,1H3,(H,27,28). The van der Waals surface area contributed by atoms with Gasteiger partial charge in [0.2, 0.25) is 5.91 Å². The van der Waals surface area contributed by atoms with Crippen LogP contribution in [0.15, 0.2) is 36.4 Å². The van der Waals surface area contributed by atoms with E-state index in [0.29, 0.717) is 23.0 Å². The molecule has 1 saturated heterocycles. The summed E-state index contributed by atoms with van der Waals surface area (Å²) in [6, 6.07) is 11.6. The average Bonchev–Trinajstić information content (AvgIpc) is 3.22. The Bertz CT molecular complexity index is 891. The van der Waals surface area contributed by atoms with Crippen molar-refractivity contribution < 1.29 is 14.3 Å². The zero-order chi connectivity index (χ0) is 21.1. The fraction of sp³-hybridized carbons (Fsp3) is 0.458. The van der Waals surface area contributed by atoms with Crippen molar-refractivity contribution in [2.45, 2.75) is 50.5 Å². The van der Waals surface area contributed by atoms with E-state index in [2.05, 4.69) is 17.4 Å². The van der Waals surface area contributed by atoms with Gasteiger partial charge in [0.05, 0.1) is 13.2 Å². The molecule has 1 N–H and O–H groups in total. The largest absolute Gasteiger partial charge is 0.493 e. The Kier molecular flexibility index (Phi) is 6.74. The number of piperidine rings is 1. The molecule has 0 spiro atoms. The van der Waals surface area contributed by atoms with Crippen LogP contribution in [-0.2, 0) is 11.2 Å². The minimum absolute atomic E-state index is 0.0817. The maximum absolute atomic E-state index is 12.5. The van der Waals surface area contributed by atoms with Crippen molar-refractivity contribution in [3.63, 3.8) is 0 Å². The van der Waals surface area contributed by atoms with E-state index in [0.717, 1.165) is 41.9 Å². The van der Waals surface area contributed by atoms with Gasteiger partial charge in [0.15, 0.2) is 11.5 Å². The molecular weight excluding hydrogens is 421 g/mol. The number of benzene rings is 2. The van der Waals surface area contributed by atoms with E-state index in [4.69, 9.17) is 32.7 Å². The van der Waals surface area contributed by atoms with E-state index >= 15 is 0 Å². The molecule has 4 nitrogen and oxygen atoms in total. The molecule has 0 radical (unpaired) electrons. The third-order valence-corrected chi connectivity index (χ3v) is 6.56. The highest BCUT2D eigenvalue weighted by Gasteiger charge is 2.30. The number of methoxy groups -OCH3 is 1. The van der Waals surface area contributed by atoms with E-state index in [1.54, 1.807) is 13.2 Å². The minimum atomic E-state index is -0.125. The van der Waals surface area contributed by atoms with Crippen molar-refractivity contribution in [1.82, 2.24) is 5.32 Å². The van der Waals surface area contributed by atoms with Gasteiger partial charge in [-0.15, -0.1) is 0 Å². The molecule has 160 valence electrons. The lowest BCUT2D eigenvalue weighted by Gasteiger charge is -2.30. The van der Waals surface area contributed by atoms with Crippen LogP contribution in [0.25, 0.3) is 0 Å². The quantitative estimate of drug-likeness (QED) is 0.609. The summed E-state index contributed by atoms with van der Waals surface area (Å²) in [5.41, 5.74) is 2.14. The number of carbonyl (C=O) groups excluding carboxylic acids is 1. The Morgan fingerprint density at radius 1 is 1.03 bits per heavy atom. The molecule has 6 heteroatoms. The van der Waals surface area contributed by atoms with Crippen LogP contribution in [0.1, 0.15) is 49.1 Å². The molecule has 0 bridgehead atoms. The van der Waals surface area contributed by atoms with Crippen LogP contribution in [0.3, 0.4) is 0 Å². The summed E-state index contributed by atoms with van der Waals surface area (Å²) in [5.74, 6) is 1.74. The van der Waals surface area contributed by atoms with Crippen molar-refractivity contribution >= 4 is 29.1 Å². The molecule has 0 aromatic heterocycles. The maximum atomic E-state index is 12.5. The zero-order valence-corrected chi connectivity index (χ0v) is 18.6. The first kappa shape index (κ1) is 21.3. The summed E-state index contributed by atoms with van der Waals surface area (Å²) in [4.78, 5) is 12.5. The summed E-state index contributed by atoms with van der Waals surface area (Å²) < 4.78 is 11.8. The molecule has 1 heterocycles. The fourth-order valence-corrected chi connectivity index (χ4v) is 5.14. The predicted octanol–water partition coefficient (Wildman–Crippen LogP) is 5.79. The first-order chi connectivity index (χ1) is 14.5. The third-order valence-electron chi connectivity index (χ3n) is 6.12. The van der Waals surface area contributed by atoms with Gasteiger partial charge in [0.1, 0.15) is 0 Å². The lowest BCUT2D eigenvalue weighted by molar-refractivity contribution is -0.126. The highest BCUT2D eigenvalue weighted by molar-refractivity contribution is 6.34. The number of hydrogen-bond acceptors (Lipinski definition) is 3. The first-order valence-corrected chi connectivity index (χ1v) is 11.3. The summed E-state index contributed by atoms with van der Waals surface area (Å²) in [5, 5.41) is 4.26. The predicted molar refractivity (Wildman–Crippen MR) is 120 cm³/mol. The number of ether oxygens (including phenoxy) is 2. The number of hydrogen-bond donors (Lipinski definition) is 1. The van der Waals surface area contributed by atoms with Crippen LogP contribution in [0, 0.1) is 5.92 Å². The van der Waals surface area contributed by atoms with Crippen molar-refractivity contribution in [1.29, 1.82) is 0 Å². The van der Waals surface area contributed by atoms with Crippen LogP contribution < -0.4 is 14.8 Å². The van der Waals surface area contributed by atoms with Gasteiger partial charge >= 0.3 is 0 Å². The Morgan fingerprint density at radius 3 is 2.47 bits per heavy atom. The molecule has 2 aliphatic rings. The van der Waals surface area contributed by atoms with Gasteiger partial charge < -0.3 is 14.8 Å².